The third kappa shape index (κ3) is 6.48. The molecule has 1 saturated carbocycles. The maximum atomic E-state index is 16.8. The number of carbonyl (C=O) groups excluding carboxylic acids is 1. The number of methoxy groups -OCH3 is 2. The summed E-state index contributed by atoms with van der Waals surface area (Å²) in [5.41, 5.74) is -0.858. The van der Waals surface area contributed by atoms with Crippen LogP contribution in [0, 0.1) is 17.0 Å². The fraction of sp³-hybridized carbons (Fsp3) is 0.500. The Kier molecular flexibility index (Phi) is 9.40. The SMILES string of the molecule is CCc1c(F)ccc2cc(OCOC)cc(-c3nc(OC)c4c(O)nc(OC[C@]56CCC[C@H]5N(C(=O)OC(C)(C)C)CCC6)nc4c3F)c12. The highest BCUT2D eigenvalue weighted by Gasteiger charge is 2.51. The molecule has 4 aromatic rings. The van der Waals surface area contributed by atoms with Crippen molar-refractivity contribution in [2.24, 2.45) is 5.41 Å². The molecule has 1 N–H and O–H groups in total. The predicted octanol–water partition coefficient (Wildman–Crippen LogP) is 7.33. The number of carbonyl (C=O) groups is 1. The van der Waals surface area contributed by atoms with Gasteiger partial charge in [0.25, 0.3) is 0 Å². The van der Waals surface area contributed by atoms with Crippen LogP contribution < -0.4 is 14.2 Å². The zero-order chi connectivity index (χ0) is 35.1. The van der Waals surface area contributed by atoms with E-state index in [1.807, 2.05) is 27.7 Å². The Hall–Kier alpha value is -4.52. The first kappa shape index (κ1) is 34.3. The Morgan fingerprint density at radius 2 is 1.84 bits per heavy atom. The van der Waals surface area contributed by atoms with Gasteiger partial charge in [-0.2, -0.15) is 9.97 Å². The summed E-state index contributed by atoms with van der Waals surface area (Å²) >= 11 is 0. The summed E-state index contributed by atoms with van der Waals surface area (Å²) in [5, 5.41) is 12.0. The molecule has 2 atom stereocenters. The molecule has 0 bridgehead atoms. The largest absolute Gasteiger partial charge is 0.493 e. The van der Waals surface area contributed by atoms with Gasteiger partial charge < -0.3 is 33.7 Å². The normalized spacial score (nSPS) is 19.3. The number of piperidine rings is 1. The van der Waals surface area contributed by atoms with E-state index in [2.05, 4.69) is 15.0 Å². The summed E-state index contributed by atoms with van der Waals surface area (Å²) in [6.45, 7) is 8.01. The van der Waals surface area contributed by atoms with Gasteiger partial charge in [-0.3, -0.25) is 0 Å². The van der Waals surface area contributed by atoms with Crippen LogP contribution in [0.5, 0.6) is 23.5 Å². The molecule has 2 aromatic heterocycles. The second-order valence-corrected chi connectivity index (χ2v) is 13.7. The molecule has 1 aliphatic carbocycles. The van der Waals surface area contributed by atoms with Gasteiger partial charge >= 0.3 is 12.1 Å². The zero-order valence-electron chi connectivity index (χ0n) is 28.7. The highest BCUT2D eigenvalue weighted by Crippen LogP contribution is 2.49. The van der Waals surface area contributed by atoms with Crippen molar-refractivity contribution in [2.45, 2.75) is 77.9 Å². The first-order valence-corrected chi connectivity index (χ1v) is 16.5. The minimum atomic E-state index is -0.888. The van der Waals surface area contributed by atoms with Gasteiger partial charge in [0.05, 0.1) is 13.7 Å². The average molecular weight is 681 g/mol. The van der Waals surface area contributed by atoms with Crippen LogP contribution in [-0.4, -0.2) is 76.9 Å². The average Bonchev–Trinajstić information content (AvgIpc) is 3.50. The number of hydrogen-bond donors (Lipinski definition) is 1. The molecule has 0 radical (unpaired) electrons. The van der Waals surface area contributed by atoms with Crippen LogP contribution in [-0.2, 0) is 15.9 Å². The molecule has 0 unspecified atom stereocenters. The van der Waals surface area contributed by atoms with E-state index in [1.165, 1.54) is 20.3 Å². The lowest BCUT2D eigenvalue weighted by Crippen LogP contribution is -2.55. The summed E-state index contributed by atoms with van der Waals surface area (Å²) in [5.74, 6) is -1.68. The third-order valence-electron chi connectivity index (χ3n) is 9.43. The number of likely N-dealkylation sites (tertiary alicyclic amines) is 1. The molecule has 0 spiro atoms. The Bertz CT molecular complexity index is 1900. The summed E-state index contributed by atoms with van der Waals surface area (Å²) in [4.78, 5) is 27.9. The fourth-order valence-corrected chi connectivity index (χ4v) is 7.37. The first-order chi connectivity index (χ1) is 23.4. The highest BCUT2D eigenvalue weighted by molar-refractivity contribution is 6.02. The maximum absolute atomic E-state index is 16.8. The van der Waals surface area contributed by atoms with Gasteiger partial charge in [-0.1, -0.05) is 19.4 Å². The summed E-state index contributed by atoms with van der Waals surface area (Å²) in [7, 11) is 2.81. The lowest BCUT2D eigenvalue weighted by molar-refractivity contribution is -0.0283. The van der Waals surface area contributed by atoms with E-state index >= 15 is 8.78 Å². The monoisotopic (exact) mass is 680 g/mol. The maximum Gasteiger partial charge on any atom is 0.410 e. The Balaban J connectivity index is 1.42. The van der Waals surface area contributed by atoms with Crippen molar-refractivity contribution in [3.63, 3.8) is 0 Å². The molecule has 49 heavy (non-hydrogen) atoms. The smallest absolute Gasteiger partial charge is 0.410 e. The van der Waals surface area contributed by atoms with Crippen molar-refractivity contribution in [1.82, 2.24) is 19.9 Å². The number of fused-ring (bicyclic) bond motifs is 3. The van der Waals surface area contributed by atoms with E-state index in [9.17, 15) is 9.90 Å². The minimum Gasteiger partial charge on any atom is -0.493 e. The van der Waals surface area contributed by atoms with Gasteiger partial charge in [-0.15, -0.1) is 0 Å². The number of nitrogens with zero attached hydrogens (tertiary/aromatic N) is 4. The Morgan fingerprint density at radius 3 is 2.55 bits per heavy atom. The molecule has 1 saturated heterocycles. The van der Waals surface area contributed by atoms with Crippen molar-refractivity contribution in [3.8, 4) is 34.8 Å². The predicted molar refractivity (Wildman–Crippen MR) is 178 cm³/mol. The Morgan fingerprint density at radius 1 is 1.06 bits per heavy atom. The van der Waals surface area contributed by atoms with Crippen LogP contribution in [0.3, 0.4) is 0 Å². The number of ether oxygens (including phenoxy) is 5. The zero-order valence-corrected chi connectivity index (χ0v) is 28.7. The van der Waals surface area contributed by atoms with Gasteiger partial charge in [0, 0.05) is 30.7 Å². The number of rotatable bonds is 9. The van der Waals surface area contributed by atoms with Gasteiger partial charge in [-0.25, -0.2) is 18.6 Å². The second kappa shape index (κ2) is 13.4. The van der Waals surface area contributed by atoms with E-state index in [1.54, 1.807) is 23.1 Å². The van der Waals surface area contributed by atoms with Gasteiger partial charge in [0.2, 0.25) is 11.8 Å². The summed E-state index contributed by atoms with van der Waals surface area (Å²) in [6, 6.07) is 5.89. The van der Waals surface area contributed by atoms with Crippen LogP contribution in [0.4, 0.5) is 13.6 Å². The molecule has 262 valence electrons. The molecule has 6 rings (SSSR count). The number of benzene rings is 2. The van der Waals surface area contributed by atoms with Crippen LogP contribution >= 0.6 is 0 Å². The van der Waals surface area contributed by atoms with Gasteiger partial charge in [0.15, 0.2) is 12.6 Å². The number of pyridine rings is 1. The fourth-order valence-electron chi connectivity index (χ4n) is 7.37. The molecular formula is C36H42F2N4O7. The van der Waals surface area contributed by atoms with E-state index in [0.717, 1.165) is 32.1 Å². The lowest BCUT2D eigenvalue weighted by Gasteiger charge is -2.46. The van der Waals surface area contributed by atoms with Crippen molar-refractivity contribution in [1.29, 1.82) is 0 Å². The van der Waals surface area contributed by atoms with Crippen LogP contribution in [0.1, 0.15) is 65.4 Å². The number of aromatic nitrogens is 3. The number of aromatic hydroxyl groups is 1. The van der Waals surface area contributed by atoms with Crippen LogP contribution in [0.15, 0.2) is 24.3 Å². The standard InChI is InChI=1S/C36H42F2N4O7/c1-7-22-24(37)12-11-20-16-21(48-19-45-5)17-23(26(20)22)29-28(38)30-27(32(39-29)46-6)31(43)41-33(40-30)47-18-36-13-8-10-25(36)42(15-9-14-36)34(44)49-35(2,3)4/h11-12,16-17,25H,7-10,13-15,18-19H2,1-6H3,(H,40,41,43)/t25-,36-/m1/s1. The number of aryl methyl sites for hydroxylation is 1. The van der Waals surface area contributed by atoms with Crippen molar-refractivity contribution in [2.75, 3.05) is 34.2 Å². The molecular weight excluding hydrogens is 638 g/mol. The molecule has 2 aromatic carbocycles. The molecule has 1 amide bonds. The van der Waals surface area contributed by atoms with E-state index in [-0.39, 0.29) is 65.0 Å². The molecule has 1 aliphatic heterocycles. The van der Waals surface area contributed by atoms with Crippen molar-refractivity contribution in [3.05, 3.63) is 41.5 Å². The topological polar surface area (TPSA) is 125 Å². The lowest BCUT2D eigenvalue weighted by atomic mass is 9.75. The summed E-state index contributed by atoms with van der Waals surface area (Å²) < 4.78 is 60.0. The van der Waals surface area contributed by atoms with Gasteiger partial charge in [-0.05, 0) is 87.4 Å². The van der Waals surface area contributed by atoms with Crippen LogP contribution in [0.25, 0.3) is 32.9 Å². The summed E-state index contributed by atoms with van der Waals surface area (Å²) in [6.07, 6.45) is 4.08. The highest BCUT2D eigenvalue weighted by atomic mass is 19.1. The molecule has 2 aliphatic rings. The quantitative estimate of drug-likeness (QED) is 0.180. The molecule has 11 nitrogen and oxygen atoms in total. The number of halogens is 2. The second-order valence-electron chi connectivity index (χ2n) is 13.7. The van der Waals surface area contributed by atoms with Gasteiger partial charge in [0.1, 0.15) is 33.8 Å². The molecule has 2 fully saturated rings. The number of amides is 1. The van der Waals surface area contributed by atoms with E-state index in [4.69, 9.17) is 23.7 Å². The Labute approximate surface area is 283 Å². The molecule has 3 heterocycles. The first-order valence-electron chi connectivity index (χ1n) is 16.5. The third-order valence-corrected chi connectivity index (χ3v) is 9.43. The van der Waals surface area contributed by atoms with E-state index in [0.29, 0.717) is 35.1 Å². The van der Waals surface area contributed by atoms with Crippen molar-refractivity contribution >= 4 is 27.8 Å². The van der Waals surface area contributed by atoms with Crippen molar-refractivity contribution < 1.29 is 42.4 Å². The van der Waals surface area contributed by atoms with E-state index < -0.39 is 23.1 Å². The molecule has 13 heteroatoms. The minimum absolute atomic E-state index is 0.0661. The van der Waals surface area contributed by atoms with Crippen LogP contribution in [0.2, 0.25) is 0 Å². The number of hydrogen-bond acceptors (Lipinski definition) is 10.